The highest BCUT2D eigenvalue weighted by molar-refractivity contribution is 5.66. The normalized spacial score (nSPS) is 22.2. The van der Waals surface area contributed by atoms with Crippen LogP contribution < -0.4 is 0 Å². The van der Waals surface area contributed by atoms with E-state index >= 15 is 0 Å². The minimum Gasteiger partial charge on any atom is -0.481 e. The van der Waals surface area contributed by atoms with Gasteiger partial charge in [-0.25, -0.2) is 0 Å². The van der Waals surface area contributed by atoms with Crippen LogP contribution in [0, 0.1) is 0 Å². The van der Waals surface area contributed by atoms with Crippen molar-refractivity contribution in [2.45, 2.75) is 45.1 Å². The third-order valence-electron chi connectivity index (χ3n) is 2.98. The molecule has 1 atom stereocenters. The van der Waals surface area contributed by atoms with Gasteiger partial charge in [-0.2, -0.15) is 0 Å². The van der Waals surface area contributed by atoms with Gasteiger partial charge >= 0.3 is 5.97 Å². The van der Waals surface area contributed by atoms with Gasteiger partial charge in [0.15, 0.2) is 0 Å². The zero-order valence-electron chi connectivity index (χ0n) is 10.2. The van der Waals surface area contributed by atoms with Crippen LogP contribution in [0.1, 0.15) is 39.0 Å². The molecule has 4 nitrogen and oxygen atoms in total. The Kier molecular flexibility index (Phi) is 6.42. The number of hydrogen-bond donors (Lipinski definition) is 1. The zero-order valence-corrected chi connectivity index (χ0v) is 10.2. The highest BCUT2D eigenvalue weighted by atomic mass is 16.5. The summed E-state index contributed by atoms with van der Waals surface area (Å²) in [6, 6.07) is 0. The number of nitrogens with zero attached hydrogens (tertiary/aromatic N) is 1. The summed E-state index contributed by atoms with van der Waals surface area (Å²) in [5, 5.41) is 8.61. The Morgan fingerprint density at radius 1 is 1.50 bits per heavy atom. The summed E-state index contributed by atoms with van der Waals surface area (Å²) >= 11 is 0. The molecule has 1 heterocycles. The van der Waals surface area contributed by atoms with Crippen molar-refractivity contribution in [2.75, 3.05) is 26.2 Å². The first kappa shape index (κ1) is 13.5. The number of rotatable bonds is 7. The molecular weight excluding hydrogens is 206 g/mol. The molecule has 16 heavy (non-hydrogen) atoms. The Morgan fingerprint density at radius 2 is 2.31 bits per heavy atom. The molecule has 1 rings (SSSR count). The monoisotopic (exact) mass is 229 g/mol. The predicted octanol–water partition coefficient (Wildman–Crippen LogP) is 1.74. The maximum atomic E-state index is 10.5. The van der Waals surface area contributed by atoms with Gasteiger partial charge in [0, 0.05) is 19.5 Å². The Bertz CT molecular complexity index is 208. The summed E-state index contributed by atoms with van der Waals surface area (Å²) < 4.78 is 5.56. The van der Waals surface area contributed by atoms with Gasteiger partial charge in [0.1, 0.15) is 0 Å². The van der Waals surface area contributed by atoms with Crippen molar-refractivity contribution in [1.29, 1.82) is 0 Å². The molecule has 0 aliphatic carbocycles. The molecule has 4 heteroatoms. The summed E-state index contributed by atoms with van der Waals surface area (Å²) in [6.07, 6.45) is 4.73. The second-order valence-corrected chi connectivity index (χ2v) is 4.43. The molecule has 0 radical (unpaired) electrons. The summed E-state index contributed by atoms with van der Waals surface area (Å²) in [7, 11) is 0. The van der Waals surface area contributed by atoms with Gasteiger partial charge in [-0.15, -0.1) is 0 Å². The molecule has 1 saturated heterocycles. The van der Waals surface area contributed by atoms with E-state index in [1.807, 2.05) is 0 Å². The van der Waals surface area contributed by atoms with Gasteiger partial charge in [-0.3, -0.25) is 9.69 Å². The lowest BCUT2D eigenvalue weighted by molar-refractivity contribution is -0.138. The van der Waals surface area contributed by atoms with Crippen LogP contribution in [0.2, 0.25) is 0 Å². The van der Waals surface area contributed by atoms with E-state index in [2.05, 4.69) is 11.8 Å². The Morgan fingerprint density at radius 3 is 3.00 bits per heavy atom. The number of hydrogen-bond acceptors (Lipinski definition) is 3. The maximum absolute atomic E-state index is 10.5. The first-order valence-corrected chi connectivity index (χ1v) is 6.28. The minimum absolute atomic E-state index is 0.117. The molecule has 1 unspecified atom stereocenters. The predicted molar refractivity (Wildman–Crippen MR) is 62.6 cm³/mol. The second-order valence-electron chi connectivity index (χ2n) is 4.43. The molecule has 1 fully saturated rings. The van der Waals surface area contributed by atoms with Crippen LogP contribution in [-0.4, -0.2) is 48.3 Å². The van der Waals surface area contributed by atoms with E-state index in [9.17, 15) is 4.79 Å². The highest BCUT2D eigenvalue weighted by Gasteiger charge is 2.20. The van der Waals surface area contributed by atoms with Crippen molar-refractivity contribution in [1.82, 2.24) is 4.90 Å². The van der Waals surface area contributed by atoms with Crippen LogP contribution in [0.3, 0.4) is 0 Å². The van der Waals surface area contributed by atoms with E-state index in [1.165, 1.54) is 19.3 Å². The number of morpholine rings is 1. The largest absolute Gasteiger partial charge is 0.481 e. The maximum Gasteiger partial charge on any atom is 0.303 e. The minimum atomic E-state index is -0.730. The van der Waals surface area contributed by atoms with Gasteiger partial charge in [-0.1, -0.05) is 19.8 Å². The molecule has 1 aliphatic heterocycles. The number of carbonyl (C=O) groups is 1. The summed E-state index contributed by atoms with van der Waals surface area (Å²) in [4.78, 5) is 12.9. The lowest BCUT2D eigenvalue weighted by Gasteiger charge is -2.32. The lowest BCUT2D eigenvalue weighted by atomic mass is 10.1. The number of carboxylic acids is 1. The summed E-state index contributed by atoms with van der Waals surface area (Å²) in [5.41, 5.74) is 0. The highest BCUT2D eigenvalue weighted by Crippen LogP contribution is 2.11. The van der Waals surface area contributed by atoms with Gasteiger partial charge in [0.2, 0.25) is 0 Å². The summed E-state index contributed by atoms with van der Waals surface area (Å²) in [6.45, 7) is 5.97. The topological polar surface area (TPSA) is 49.8 Å². The molecular formula is C12H23NO3. The van der Waals surface area contributed by atoms with Crippen LogP contribution in [-0.2, 0) is 9.53 Å². The average Bonchev–Trinajstić information content (AvgIpc) is 2.27. The lowest BCUT2D eigenvalue weighted by Crippen LogP contribution is -2.42. The van der Waals surface area contributed by atoms with E-state index in [4.69, 9.17) is 9.84 Å². The quantitative estimate of drug-likeness (QED) is 0.676. The Hall–Kier alpha value is -0.610. The van der Waals surface area contributed by atoms with Gasteiger partial charge in [0.05, 0.1) is 12.7 Å². The fourth-order valence-electron chi connectivity index (χ4n) is 2.03. The molecule has 0 bridgehead atoms. The first-order chi connectivity index (χ1) is 7.72. The SMILES string of the molecule is CCCCCN1CCOC(CCC(=O)O)C1. The van der Waals surface area contributed by atoms with E-state index in [0.717, 1.165) is 26.2 Å². The summed E-state index contributed by atoms with van der Waals surface area (Å²) in [5.74, 6) is -0.730. The third kappa shape index (κ3) is 5.47. The standard InChI is InChI=1S/C12H23NO3/c1-2-3-4-7-13-8-9-16-11(10-13)5-6-12(14)15/h11H,2-10H2,1H3,(H,14,15). The number of aliphatic carboxylic acids is 1. The molecule has 0 aromatic carbocycles. The van der Waals surface area contributed by atoms with E-state index < -0.39 is 5.97 Å². The fourth-order valence-corrected chi connectivity index (χ4v) is 2.03. The van der Waals surface area contributed by atoms with Crippen LogP contribution in [0.25, 0.3) is 0 Å². The van der Waals surface area contributed by atoms with Crippen molar-refractivity contribution in [3.05, 3.63) is 0 Å². The number of unbranched alkanes of at least 4 members (excludes halogenated alkanes) is 2. The van der Waals surface area contributed by atoms with Crippen molar-refractivity contribution in [3.8, 4) is 0 Å². The molecule has 0 amide bonds. The van der Waals surface area contributed by atoms with Crippen molar-refractivity contribution >= 4 is 5.97 Å². The van der Waals surface area contributed by atoms with Crippen LogP contribution in [0.15, 0.2) is 0 Å². The number of carboxylic acid groups (broad SMARTS) is 1. The van der Waals surface area contributed by atoms with Crippen LogP contribution >= 0.6 is 0 Å². The molecule has 0 saturated carbocycles. The van der Waals surface area contributed by atoms with Crippen molar-refractivity contribution in [2.24, 2.45) is 0 Å². The second kappa shape index (κ2) is 7.63. The molecule has 1 aliphatic rings. The zero-order chi connectivity index (χ0) is 11.8. The molecule has 0 aromatic heterocycles. The first-order valence-electron chi connectivity index (χ1n) is 6.28. The van der Waals surface area contributed by atoms with E-state index in [1.54, 1.807) is 0 Å². The molecule has 94 valence electrons. The van der Waals surface area contributed by atoms with Gasteiger partial charge in [-0.05, 0) is 19.4 Å². The van der Waals surface area contributed by atoms with Crippen molar-refractivity contribution in [3.63, 3.8) is 0 Å². The Labute approximate surface area is 97.6 Å². The van der Waals surface area contributed by atoms with E-state index in [-0.39, 0.29) is 12.5 Å². The van der Waals surface area contributed by atoms with Crippen molar-refractivity contribution < 1.29 is 14.6 Å². The third-order valence-corrected chi connectivity index (χ3v) is 2.98. The van der Waals surface area contributed by atoms with Gasteiger partial charge < -0.3 is 9.84 Å². The van der Waals surface area contributed by atoms with Gasteiger partial charge in [0.25, 0.3) is 0 Å². The molecule has 0 aromatic rings. The van der Waals surface area contributed by atoms with Crippen LogP contribution in [0.5, 0.6) is 0 Å². The number of ether oxygens (including phenoxy) is 1. The Balaban J connectivity index is 2.16. The molecule has 0 spiro atoms. The fraction of sp³-hybridized carbons (Fsp3) is 0.917. The van der Waals surface area contributed by atoms with E-state index in [0.29, 0.717) is 6.42 Å². The van der Waals surface area contributed by atoms with Crippen LogP contribution in [0.4, 0.5) is 0 Å². The smallest absolute Gasteiger partial charge is 0.303 e. The average molecular weight is 229 g/mol. The molecule has 1 N–H and O–H groups in total.